The highest BCUT2D eigenvalue weighted by Crippen LogP contribution is 2.30. The summed E-state index contributed by atoms with van der Waals surface area (Å²) >= 11 is 0. The van der Waals surface area contributed by atoms with E-state index in [9.17, 15) is 22.4 Å². The van der Waals surface area contributed by atoms with Crippen LogP contribution in [0.25, 0.3) is 0 Å². The number of nitrogens with one attached hydrogen (secondary N) is 2. The lowest BCUT2D eigenvalue weighted by molar-refractivity contribution is -0.137. The molecule has 1 fully saturated rings. The number of halogens is 4. The van der Waals surface area contributed by atoms with Gasteiger partial charge >= 0.3 is 6.18 Å². The second-order valence-corrected chi connectivity index (χ2v) is 5.97. The Kier molecular flexibility index (Phi) is 4.47. The highest BCUT2D eigenvalue weighted by molar-refractivity contribution is 5.82. The van der Waals surface area contributed by atoms with Crippen molar-refractivity contribution in [3.8, 4) is 0 Å². The normalized spacial score (nSPS) is 25.3. The molecule has 0 aliphatic carbocycles. The molecule has 1 unspecified atom stereocenters. The molecule has 3 nitrogen and oxygen atoms in total. The Morgan fingerprint density at radius 1 is 1.41 bits per heavy atom. The minimum absolute atomic E-state index is 0.0230. The first-order chi connectivity index (χ1) is 10.1. The van der Waals surface area contributed by atoms with E-state index in [1.165, 1.54) is 6.92 Å². The molecule has 2 rings (SSSR count). The summed E-state index contributed by atoms with van der Waals surface area (Å²) in [6.45, 7) is 3.04. The number of hydrogen-bond donors (Lipinski definition) is 2. The van der Waals surface area contributed by atoms with Crippen LogP contribution < -0.4 is 10.6 Å². The Morgan fingerprint density at radius 3 is 2.64 bits per heavy atom. The van der Waals surface area contributed by atoms with Crippen molar-refractivity contribution < 1.29 is 22.4 Å². The molecule has 0 aromatic heterocycles. The molecule has 1 heterocycles. The van der Waals surface area contributed by atoms with Crippen LogP contribution in [-0.2, 0) is 17.5 Å². The van der Waals surface area contributed by atoms with Crippen molar-refractivity contribution in [2.75, 3.05) is 6.54 Å². The number of carbonyl (C=O) groups is 1. The lowest BCUT2D eigenvalue weighted by atomic mass is 10.0. The fourth-order valence-electron chi connectivity index (χ4n) is 2.53. The van der Waals surface area contributed by atoms with Crippen LogP contribution in [0.3, 0.4) is 0 Å². The summed E-state index contributed by atoms with van der Waals surface area (Å²) in [5.41, 5.74) is -1.35. The first-order valence-electron chi connectivity index (χ1n) is 6.95. The lowest BCUT2D eigenvalue weighted by Crippen LogP contribution is -2.40. The van der Waals surface area contributed by atoms with E-state index < -0.39 is 29.4 Å². The van der Waals surface area contributed by atoms with Gasteiger partial charge in [-0.3, -0.25) is 4.79 Å². The highest BCUT2D eigenvalue weighted by atomic mass is 19.4. The third-order valence-corrected chi connectivity index (χ3v) is 3.59. The fourth-order valence-corrected chi connectivity index (χ4v) is 2.53. The van der Waals surface area contributed by atoms with Crippen molar-refractivity contribution in [2.45, 2.75) is 44.7 Å². The second-order valence-electron chi connectivity index (χ2n) is 5.97. The molecule has 0 radical (unpaired) electrons. The SMILES string of the molecule is Cc1cc(CNC(=O)[C@@H]2CC(C)(F)CN2)cc(C(F)(F)F)c1. The summed E-state index contributed by atoms with van der Waals surface area (Å²) in [6.07, 6.45) is -4.37. The van der Waals surface area contributed by atoms with Gasteiger partial charge in [-0.05, 0) is 31.5 Å². The van der Waals surface area contributed by atoms with Crippen LogP contribution in [0.1, 0.15) is 30.0 Å². The highest BCUT2D eigenvalue weighted by Gasteiger charge is 2.38. The van der Waals surface area contributed by atoms with Crippen LogP contribution >= 0.6 is 0 Å². The maximum absolute atomic E-state index is 13.7. The second kappa shape index (κ2) is 5.87. The summed E-state index contributed by atoms with van der Waals surface area (Å²) in [5.74, 6) is -0.406. The van der Waals surface area contributed by atoms with Crippen LogP contribution in [0.4, 0.5) is 17.6 Å². The molecular formula is C15H18F4N2O. The van der Waals surface area contributed by atoms with Crippen molar-refractivity contribution in [1.29, 1.82) is 0 Å². The number of alkyl halides is 4. The van der Waals surface area contributed by atoms with Crippen LogP contribution in [0, 0.1) is 6.92 Å². The van der Waals surface area contributed by atoms with Gasteiger partial charge in [0.25, 0.3) is 0 Å². The van der Waals surface area contributed by atoms with Crippen molar-refractivity contribution in [3.63, 3.8) is 0 Å². The molecule has 1 amide bonds. The van der Waals surface area contributed by atoms with Crippen molar-refractivity contribution in [2.24, 2.45) is 0 Å². The fraction of sp³-hybridized carbons (Fsp3) is 0.533. The van der Waals surface area contributed by atoms with Gasteiger partial charge in [0.1, 0.15) is 5.67 Å². The molecule has 7 heteroatoms. The molecule has 22 heavy (non-hydrogen) atoms. The smallest absolute Gasteiger partial charge is 0.351 e. The van der Waals surface area contributed by atoms with E-state index in [1.807, 2.05) is 0 Å². The number of hydrogen-bond acceptors (Lipinski definition) is 2. The minimum Gasteiger partial charge on any atom is -0.351 e. The average molecular weight is 318 g/mol. The Labute approximate surface area is 126 Å². The van der Waals surface area contributed by atoms with Gasteiger partial charge < -0.3 is 10.6 Å². The largest absolute Gasteiger partial charge is 0.416 e. The summed E-state index contributed by atoms with van der Waals surface area (Å²) in [5, 5.41) is 5.31. The van der Waals surface area contributed by atoms with Crippen LogP contribution in [-0.4, -0.2) is 24.2 Å². The molecule has 1 aliphatic rings. The zero-order valence-electron chi connectivity index (χ0n) is 12.4. The number of amides is 1. The van der Waals surface area contributed by atoms with Gasteiger partial charge in [-0.2, -0.15) is 13.2 Å². The van der Waals surface area contributed by atoms with E-state index in [1.54, 1.807) is 13.0 Å². The van der Waals surface area contributed by atoms with Gasteiger partial charge in [-0.1, -0.05) is 11.6 Å². The summed E-state index contributed by atoms with van der Waals surface area (Å²) in [4.78, 5) is 11.9. The van der Waals surface area contributed by atoms with Crippen molar-refractivity contribution in [3.05, 3.63) is 34.9 Å². The third-order valence-electron chi connectivity index (χ3n) is 3.59. The molecule has 0 saturated carbocycles. The number of rotatable bonds is 3. The molecular weight excluding hydrogens is 300 g/mol. The van der Waals surface area contributed by atoms with E-state index >= 15 is 0 Å². The van der Waals surface area contributed by atoms with Crippen LogP contribution in [0.15, 0.2) is 18.2 Å². The van der Waals surface area contributed by atoms with Crippen molar-refractivity contribution in [1.82, 2.24) is 10.6 Å². The monoisotopic (exact) mass is 318 g/mol. The average Bonchev–Trinajstić information content (AvgIpc) is 2.75. The van der Waals surface area contributed by atoms with Gasteiger partial charge in [0.05, 0.1) is 11.6 Å². The predicted octanol–water partition coefficient (Wildman–Crippen LogP) is 2.72. The van der Waals surface area contributed by atoms with Gasteiger partial charge in [-0.15, -0.1) is 0 Å². The summed E-state index contributed by atoms with van der Waals surface area (Å²) in [7, 11) is 0. The molecule has 2 atom stereocenters. The van der Waals surface area contributed by atoms with Gasteiger partial charge in [0.2, 0.25) is 5.91 Å². The van der Waals surface area contributed by atoms with Gasteiger partial charge in [0.15, 0.2) is 0 Å². The first kappa shape index (κ1) is 16.7. The lowest BCUT2D eigenvalue weighted by Gasteiger charge is -2.14. The number of aryl methyl sites for hydroxylation is 1. The van der Waals surface area contributed by atoms with E-state index in [-0.39, 0.29) is 19.5 Å². The van der Waals surface area contributed by atoms with Gasteiger partial charge in [-0.25, -0.2) is 4.39 Å². The molecule has 1 aromatic rings. The zero-order chi connectivity index (χ0) is 16.5. The van der Waals surface area contributed by atoms with Crippen molar-refractivity contribution >= 4 is 5.91 Å². The van der Waals surface area contributed by atoms with E-state index in [2.05, 4.69) is 10.6 Å². The third kappa shape index (κ3) is 4.19. The minimum atomic E-state index is -4.42. The van der Waals surface area contributed by atoms with E-state index in [4.69, 9.17) is 0 Å². The summed E-state index contributed by atoms with van der Waals surface area (Å²) in [6, 6.07) is 2.99. The number of carbonyl (C=O) groups excluding carboxylic acids is 1. The predicted molar refractivity (Wildman–Crippen MR) is 73.9 cm³/mol. The molecule has 1 saturated heterocycles. The standard InChI is InChI=1S/C15H18F4N2O/c1-9-3-10(5-11(4-9)15(17,18)19)7-20-13(22)12-6-14(2,16)8-21-12/h3-5,12,21H,6-8H2,1-2H3,(H,20,22)/t12-,14?/m0/s1. The molecule has 1 aliphatic heterocycles. The zero-order valence-corrected chi connectivity index (χ0v) is 12.4. The maximum atomic E-state index is 13.7. The molecule has 0 bridgehead atoms. The molecule has 122 valence electrons. The Hall–Kier alpha value is -1.63. The molecule has 0 spiro atoms. The van der Waals surface area contributed by atoms with Crippen LogP contribution in [0.5, 0.6) is 0 Å². The van der Waals surface area contributed by atoms with Crippen LogP contribution in [0.2, 0.25) is 0 Å². The quantitative estimate of drug-likeness (QED) is 0.842. The Balaban J connectivity index is 2.00. The Bertz CT molecular complexity index is 569. The molecule has 2 N–H and O–H groups in total. The Morgan fingerprint density at radius 2 is 2.09 bits per heavy atom. The maximum Gasteiger partial charge on any atom is 0.416 e. The molecule has 1 aromatic carbocycles. The van der Waals surface area contributed by atoms with E-state index in [0.717, 1.165) is 12.1 Å². The summed E-state index contributed by atoms with van der Waals surface area (Å²) < 4.78 is 51.9. The van der Waals surface area contributed by atoms with E-state index in [0.29, 0.717) is 11.1 Å². The van der Waals surface area contributed by atoms with Gasteiger partial charge in [0, 0.05) is 19.5 Å². The first-order valence-corrected chi connectivity index (χ1v) is 6.95. The number of benzene rings is 1. The topological polar surface area (TPSA) is 41.1 Å².